The molecule has 0 unspecified atom stereocenters. The number of hydrogen-bond donors (Lipinski definition) is 1. The van der Waals surface area contributed by atoms with Crippen LogP contribution in [0.1, 0.15) is 33.1 Å². The number of rotatable bonds is 2. The average Bonchev–Trinajstić information content (AvgIpc) is 2.02. The lowest BCUT2D eigenvalue weighted by Crippen LogP contribution is -2.53. The van der Waals surface area contributed by atoms with Gasteiger partial charge in [-0.05, 0) is 33.1 Å². The minimum absolute atomic E-state index is 0.177. The monoisotopic (exact) mass is 185 g/mol. The van der Waals surface area contributed by atoms with Crippen LogP contribution >= 0.6 is 0 Å². The molecule has 1 rings (SSSR count). The first-order chi connectivity index (χ1) is 6.07. The maximum absolute atomic E-state index is 11.2. The van der Waals surface area contributed by atoms with Gasteiger partial charge in [0.05, 0.1) is 6.61 Å². The quantitative estimate of drug-likeness (QED) is 0.506. The summed E-state index contributed by atoms with van der Waals surface area (Å²) in [5.74, 6) is -1.40. The van der Waals surface area contributed by atoms with Crippen molar-refractivity contribution >= 4 is 11.9 Å². The Kier molecular flexibility index (Phi) is 2.90. The predicted molar refractivity (Wildman–Crippen MR) is 47.0 cm³/mol. The fraction of sp³-hybridized carbons (Fsp3) is 0.778. The summed E-state index contributed by atoms with van der Waals surface area (Å²) in [6.07, 6.45) is 3.00. The SMILES string of the molecule is CCOC(=O)C(=O)NC1(C)CCC1. The molecule has 13 heavy (non-hydrogen) atoms. The maximum atomic E-state index is 11.2. The zero-order valence-electron chi connectivity index (χ0n) is 8.05. The van der Waals surface area contributed by atoms with Crippen molar-refractivity contribution in [3.8, 4) is 0 Å². The summed E-state index contributed by atoms with van der Waals surface area (Å²) < 4.78 is 4.57. The third kappa shape index (κ3) is 2.44. The van der Waals surface area contributed by atoms with E-state index in [-0.39, 0.29) is 12.1 Å². The van der Waals surface area contributed by atoms with Crippen LogP contribution in [0.5, 0.6) is 0 Å². The highest BCUT2D eigenvalue weighted by atomic mass is 16.5. The van der Waals surface area contributed by atoms with Gasteiger partial charge >= 0.3 is 11.9 Å². The molecule has 0 bridgehead atoms. The molecule has 1 fully saturated rings. The van der Waals surface area contributed by atoms with Gasteiger partial charge in [0.2, 0.25) is 0 Å². The summed E-state index contributed by atoms with van der Waals surface area (Å²) >= 11 is 0. The third-order valence-corrected chi connectivity index (χ3v) is 2.33. The Morgan fingerprint density at radius 1 is 1.46 bits per heavy atom. The first-order valence-corrected chi connectivity index (χ1v) is 4.57. The van der Waals surface area contributed by atoms with E-state index in [1.165, 1.54) is 0 Å². The summed E-state index contributed by atoms with van der Waals surface area (Å²) in [6, 6.07) is 0. The maximum Gasteiger partial charge on any atom is 0.396 e. The Bertz CT molecular complexity index is 221. The molecule has 0 atom stereocenters. The molecule has 1 aliphatic rings. The standard InChI is InChI=1S/C9H15NO3/c1-3-13-8(12)7(11)10-9(2)5-4-6-9/h3-6H2,1-2H3,(H,10,11). The lowest BCUT2D eigenvalue weighted by Gasteiger charge is -2.38. The van der Waals surface area contributed by atoms with E-state index < -0.39 is 11.9 Å². The zero-order valence-corrected chi connectivity index (χ0v) is 8.05. The van der Waals surface area contributed by atoms with E-state index >= 15 is 0 Å². The molecule has 4 heteroatoms. The first-order valence-electron chi connectivity index (χ1n) is 4.57. The number of carbonyl (C=O) groups excluding carboxylic acids is 2. The molecular formula is C9H15NO3. The van der Waals surface area contributed by atoms with Crippen LogP contribution in [0.2, 0.25) is 0 Å². The molecule has 74 valence electrons. The number of hydrogen-bond acceptors (Lipinski definition) is 3. The Morgan fingerprint density at radius 2 is 2.08 bits per heavy atom. The second-order valence-corrected chi connectivity index (χ2v) is 3.59. The number of nitrogens with one attached hydrogen (secondary N) is 1. The molecule has 1 aliphatic carbocycles. The Morgan fingerprint density at radius 3 is 2.46 bits per heavy atom. The minimum atomic E-state index is -0.782. The fourth-order valence-electron chi connectivity index (χ4n) is 1.35. The van der Waals surface area contributed by atoms with Crippen LogP contribution in [0.15, 0.2) is 0 Å². The van der Waals surface area contributed by atoms with Gasteiger partial charge in [0.1, 0.15) is 0 Å². The summed E-state index contributed by atoms with van der Waals surface area (Å²) in [4.78, 5) is 22.1. The Hall–Kier alpha value is -1.06. The molecule has 0 aromatic carbocycles. The average molecular weight is 185 g/mol. The molecule has 0 heterocycles. The van der Waals surface area contributed by atoms with E-state index in [2.05, 4.69) is 10.1 Å². The molecule has 0 aromatic rings. The van der Waals surface area contributed by atoms with Crippen molar-refractivity contribution in [1.82, 2.24) is 5.32 Å². The normalized spacial score (nSPS) is 18.6. The van der Waals surface area contributed by atoms with Crippen LogP contribution < -0.4 is 5.32 Å². The molecule has 0 saturated heterocycles. The van der Waals surface area contributed by atoms with Gasteiger partial charge in [-0.25, -0.2) is 4.79 Å². The van der Waals surface area contributed by atoms with Gasteiger partial charge in [0, 0.05) is 5.54 Å². The molecule has 1 amide bonds. The van der Waals surface area contributed by atoms with Crippen molar-refractivity contribution in [3.05, 3.63) is 0 Å². The van der Waals surface area contributed by atoms with Gasteiger partial charge in [0.25, 0.3) is 0 Å². The van der Waals surface area contributed by atoms with Crippen molar-refractivity contribution in [3.63, 3.8) is 0 Å². The zero-order chi connectivity index (χ0) is 9.90. The van der Waals surface area contributed by atoms with Crippen molar-refractivity contribution in [1.29, 1.82) is 0 Å². The van der Waals surface area contributed by atoms with E-state index in [9.17, 15) is 9.59 Å². The van der Waals surface area contributed by atoms with Gasteiger partial charge < -0.3 is 10.1 Å². The van der Waals surface area contributed by atoms with Gasteiger partial charge in [-0.1, -0.05) is 0 Å². The smallest absolute Gasteiger partial charge is 0.396 e. The van der Waals surface area contributed by atoms with Crippen LogP contribution in [0.25, 0.3) is 0 Å². The van der Waals surface area contributed by atoms with E-state index in [0.29, 0.717) is 0 Å². The molecule has 0 radical (unpaired) electrons. The van der Waals surface area contributed by atoms with Crippen molar-refractivity contribution in [2.24, 2.45) is 0 Å². The molecule has 0 spiro atoms. The minimum Gasteiger partial charge on any atom is -0.459 e. The van der Waals surface area contributed by atoms with Crippen LogP contribution in [-0.4, -0.2) is 24.0 Å². The molecule has 1 N–H and O–H groups in total. The molecule has 0 aliphatic heterocycles. The summed E-state index contributed by atoms with van der Waals surface area (Å²) in [6.45, 7) is 3.85. The highest BCUT2D eigenvalue weighted by molar-refractivity contribution is 6.32. The lowest BCUT2D eigenvalue weighted by molar-refractivity contribution is -0.155. The van der Waals surface area contributed by atoms with E-state index in [0.717, 1.165) is 19.3 Å². The predicted octanol–water partition coefficient (Wildman–Crippen LogP) is 0.608. The van der Waals surface area contributed by atoms with Gasteiger partial charge in [0.15, 0.2) is 0 Å². The summed E-state index contributed by atoms with van der Waals surface area (Å²) in [5, 5.41) is 2.66. The second kappa shape index (κ2) is 3.77. The fourth-order valence-corrected chi connectivity index (χ4v) is 1.35. The molecule has 1 saturated carbocycles. The van der Waals surface area contributed by atoms with Crippen LogP contribution in [0, 0.1) is 0 Å². The highest BCUT2D eigenvalue weighted by Crippen LogP contribution is 2.30. The highest BCUT2D eigenvalue weighted by Gasteiger charge is 2.35. The lowest BCUT2D eigenvalue weighted by atomic mass is 9.78. The van der Waals surface area contributed by atoms with Crippen LogP contribution in [-0.2, 0) is 14.3 Å². The number of ether oxygens (including phenoxy) is 1. The van der Waals surface area contributed by atoms with E-state index in [4.69, 9.17) is 0 Å². The van der Waals surface area contributed by atoms with Crippen molar-refractivity contribution < 1.29 is 14.3 Å². The van der Waals surface area contributed by atoms with E-state index in [1.54, 1.807) is 6.92 Å². The summed E-state index contributed by atoms with van der Waals surface area (Å²) in [7, 11) is 0. The topological polar surface area (TPSA) is 55.4 Å². The number of esters is 1. The molecule has 0 aromatic heterocycles. The summed E-state index contributed by atoms with van der Waals surface area (Å²) in [5.41, 5.74) is -0.177. The van der Waals surface area contributed by atoms with Crippen LogP contribution in [0.4, 0.5) is 0 Å². The van der Waals surface area contributed by atoms with Gasteiger partial charge in [-0.15, -0.1) is 0 Å². The van der Waals surface area contributed by atoms with Crippen molar-refractivity contribution in [2.45, 2.75) is 38.6 Å². The Labute approximate surface area is 77.6 Å². The number of amides is 1. The second-order valence-electron chi connectivity index (χ2n) is 3.59. The first kappa shape index (κ1) is 10.0. The van der Waals surface area contributed by atoms with Gasteiger partial charge in [-0.2, -0.15) is 0 Å². The number of carbonyl (C=O) groups is 2. The molecule has 4 nitrogen and oxygen atoms in total. The van der Waals surface area contributed by atoms with Crippen molar-refractivity contribution in [2.75, 3.05) is 6.61 Å². The van der Waals surface area contributed by atoms with Gasteiger partial charge in [-0.3, -0.25) is 4.79 Å². The Balaban J connectivity index is 2.36. The van der Waals surface area contributed by atoms with Crippen LogP contribution in [0.3, 0.4) is 0 Å². The largest absolute Gasteiger partial charge is 0.459 e. The third-order valence-electron chi connectivity index (χ3n) is 2.33. The van der Waals surface area contributed by atoms with E-state index in [1.807, 2.05) is 6.92 Å². The molecular weight excluding hydrogens is 170 g/mol.